The fraction of sp³-hybridized carbons (Fsp3) is 0.296. The third-order valence-corrected chi connectivity index (χ3v) is 8.42. The van der Waals surface area contributed by atoms with Gasteiger partial charge in [-0.1, -0.05) is 53.5 Å². The minimum absolute atomic E-state index is 0. The van der Waals surface area contributed by atoms with Crippen LogP contribution in [0.2, 0.25) is 10.0 Å². The molecule has 0 saturated carbocycles. The van der Waals surface area contributed by atoms with Gasteiger partial charge in [-0.05, 0) is 49.7 Å². The summed E-state index contributed by atoms with van der Waals surface area (Å²) >= 11 is 14.3. The van der Waals surface area contributed by atoms with Gasteiger partial charge in [0.15, 0.2) is 0 Å². The zero-order valence-electron chi connectivity index (χ0n) is 19.3. The first-order valence-corrected chi connectivity index (χ1v) is 13.3. The molecule has 1 fully saturated rings. The molecular formula is C27H28Cl3N3OS. The van der Waals surface area contributed by atoms with Gasteiger partial charge in [0.1, 0.15) is 0 Å². The Morgan fingerprint density at radius 3 is 2.46 bits per heavy atom. The standard InChI is InChI=1S/C27H27Cl2N3OS.ClH/c28-21-9-6-10-22(26(21)29)32-17-15-31(16-18-32)14-4-3-13-30-27(33)20-8-5-12-24-25(20)19-7-1-2-11-23(19)34-24;/h1-2,5-12H,3-4,13-18H2,(H,30,33);1H. The van der Waals surface area contributed by atoms with E-state index in [-0.39, 0.29) is 18.3 Å². The second-order valence-corrected chi connectivity index (χ2v) is 10.5. The second-order valence-electron chi connectivity index (χ2n) is 8.64. The summed E-state index contributed by atoms with van der Waals surface area (Å²) in [6.07, 6.45) is 2.02. The van der Waals surface area contributed by atoms with Crippen LogP contribution in [0.25, 0.3) is 20.2 Å². The summed E-state index contributed by atoms with van der Waals surface area (Å²) in [5.41, 5.74) is 1.79. The normalized spacial score (nSPS) is 14.3. The number of rotatable bonds is 7. The van der Waals surface area contributed by atoms with E-state index in [2.05, 4.69) is 33.3 Å². The highest BCUT2D eigenvalue weighted by atomic mass is 35.5. The number of hydrogen-bond donors (Lipinski definition) is 1. The Morgan fingerprint density at radius 1 is 0.886 bits per heavy atom. The SMILES string of the molecule is Cl.O=C(NCCCCN1CCN(c2cccc(Cl)c2Cl)CC1)c1cccc2sc3ccccc3c12. The topological polar surface area (TPSA) is 35.6 Å². The van der Waals surface area contributed by atoms with Gasteiger partial charge in [-0.15, -0.1) is 23.7 Å². The third kappa shape index (κ3) is 5.71. The number of anilines is 1. The first-order valence-electron chi connectivity index (χ1n) is 11.7. The van der Waals surface area contributed by atoms with Crippen LogP contribution in [-0.2, 0) is 0 Å². The number of carbonyl (C=O) groups is 1. The molecule has 5 rings (SSSR count). The zero-order chi connectivity index (χ0) is 23.5. The summed E-state index contributed by atoms with van der Waals surface area (Å²) in [4.78, 5) is 17.7. The molecule has 0 spiro atoms. The molecule has 0 unspecified atom stereocenters. The lowest BCUT2D eigenvalue weighted by Gasteiger charge is -2.36. The number of hydrogen-bond acceptors (Lipinski definition) is 4. The van der Waals surface area contributed by atoms with Gasteiger partial charge in [-0.25, -0.2) is 0 Å². The number of piperazine rings is 1. The van der Waals surface area contributed by atoms with E-state index in [1.165, 1.54) is 4.70 Å². The van der Waals surface area contributed by atoms with Crippen LogP contribution in [0.1, 0.15) is 23.2 Å². The van der Waals surface area contributed by atoms with E-state index in [1.807, 2.05) is 42.5 Å². The smallest absolute Gasteiger partial charge is 0.251 e. The molecule has 3 aromatic carbocycles. The van der Waals surface area contributed by atoms with Crippen molar-refractivity contribution in [1.82, 2.24) is 10.2 Å². The Kier molecular flexibility index (Phi) is 8.79. The van der Waals surface area contributed by atoms with Crippen LogP contribution >= 0.6 is 46.9 Å². The summed E-state index contributed by atoms with van der Waals surface area (Å²) < 4.78 is 2.38. The van der Waals surface area contributed by atoms with E-state index in [1.54, 1.807) is 11.3 Å². The van der Waals surface area contributed by atoms with Gasteiger partial charge in [0.05, 0.1) is 15.7 Å². The highest BCUT2D eigenvalue weighted by Gasteiger charge is 2.19. The van der Waals surface area contributed by atoms with E-state index in [9.17, 15) is 4.79 Å². The van der Waals surface area contributed by atoms with Crippen LogP contribution in [0.15, 0.2) is 60.7 Å². The lowest BCUT2D eigenvalue weighted by Crippen LogP contribution is -2.46. The van der Waals surface area contributed by atoms with Gasteiger partial charge < -0.3 is 10.2 Å². The summed E-state index contributed by atoms with van der Waals surface area (Å²) in [7, 11) is 0. The molecule has 184 valence electrons. The number of nitrogens with one attached hydrogen (secondary N) is 1. The maximum absolute atomic E-state index is 12.9. The van der Waals surface area contributed by atoms with Crippen molar-refractivity contribution in [2.45, 2.75) is 12.8 Å². The zero-order valence-corrected chi connectivity index (χ0v) is 22.5. The average molecular weight is 549 g/mol. The molecule has 2 heterocycles. The minimum atomic E-state index is 0. The monoisotopic (exact) mass is 547 g/mol. The number of fused-ring (bicyclic) bond motifs is 3. The molecular weight excluding hydrogens is 521 g/mol. The number of halogens is 3. The molecule has 1 aliphatic heterocycles. The molecule has 1 amide bonds. The van der Waals surface area contributed by atoms with Crippen molar-refractivity contribution in [3.05, 3.63) is 76.3 Å². The maximum Gasteiger partial charge on any atom is 0.251 e. The fourth-order valence-electron chi connectivity index (χ4n) is 4.67. The van der Waals surface area contributed by atoms with Crippen LogP contribution in [0.5, 0.6) is 0 Å². The van der Waals surface area contributed by atoms with Crippen LogP contribution < -0.4 is 10.2 Å². The number of amides is 1. The molecule has 0 radical (unpaired) electrons. The number of benzene rings is 3. The van der Waals surface area contributed by atoms with Crippen molar-refractivity contribution < 1.29 is 4.79 Å². The maximum atomic E-state index is 12.9. The predicted molar refractivity (Wildman–Crippen MR) is 153 cm³/mol. The number of thiophene rings is 1. The number of carbonyl (C=O) groups excluding carboxylic acids is 1. The Bertz CT molecular complexity index is 1320. The van der Waals surface area contributed by atoms with Crippen molar-refractivity contribution in [1.29, 1.82) is 0 Å². The largest absolute Gasteiger partial charge is 0.368 e. The lowest BCUT2D eigenvalue weighted by atomic mass is 10.1. The first-order chi connectivity index (χ1) is 16.6. The van der Waals surface area contributed by atoms with E-state index >= 15 is 0 Å². The average Bonchev–Trinajstić information content (AvgIpc) is 3.25. The highest BCUT2D eigenvalue weighted by molar-refractivity contribution is 7.25. The molecule has 1 aromatic heterocycles. The molecule has 1 aliphatic rings. The summed E-state index contributed by atoms with van der Waals surface area (Å²) in [6.45, 7) is 5.61. The van der Waals surface area contributed by atoms with Gasteiger partial charge in [0.25, 0.3) is 5.91 Å². The Morgan fingerprint density at radius 2 is 1.63 bits per heavy atom. The van der Waals surface area contributed by atoms with Gasteiger partial charge in [0, 0.05) is 58.5 Å². The molecule has 4 nitrogen and oxygen atoms in total. The van der Waals surface area contributed by atoms with Crippen LogP contribution in [0.3, 0.4) is 0 Å². The molecule has 35 heavy (non-hydrogen) atoms. The van der Waals surface area contributed by atoms with E-state index in [0.717, 1.165) is 72.3 Å². The summed E-state index contributed by atoms with van der Waals surface area (Å²) in [5, 5.41) is 6.60. The quantitative estimate of drug-likeness (QED) is 0.250. The predicted octanol–water partition coefficient (Wildman–Crippen LogP) is 7.12. The highest BCUT2D eigenvalue weighted by Crippen LogP contribution is 2.36. The third-order valence-electron chi connectivity index (χ3n) is 6.48. The number of nitrogens with zero attached hydrogens (tertiary/aromatic N) is 2. The van der Waals surface area contributed by atoms with Crippen molar-refractivity contribution in [3.63, 3.8) is 0 Å². The summed E-state index contributed by atoms with van der Waals surface area (Å²) in [6, 6.07) is 20.1. The molecule has 1 saturated heterocycles. The Labute approximate surface area is 226 Å². The molecule has 8 heteroatoms. The van der Waals surface area contributed by atoms with Gasteiger partial charge in [-0.3, -0.25) is 9.69 Å². The Hall–Kier alpha value is -2.02. The van der Waals surface area contributed by atoms with Gasteiger partial charge >= 0.3 is 0 Å². The lowest BCUT2D eigenvalue weighted by molar-refractivity contribution is 0.0954. The second kappa shape index (κ2) is 11.8. The first kappa shape index (κ1) is 26.1. The van der Waals surface area contributed by atoms with Crippen LogP contribution in [0, 0.1) is 0 Å². The van der Waals surface area contributed by atoms with Crippen molar-refractivity contribution in [2.75, 3.05) is 44.2 Å². The Balaban J connectivity index is 0.00000289. The summed E-state index contributed by atoms with van der Waals surface area (Å²) in [5.74, 6) is 0.0150. The number of unbranched alkanes of at least 4 members (excludes halogenated alkanes) is 1. The van der Waals surface area contributed by atoms with E-state index in [0.29, 0.717) is 16.6 Å². The minimum Gasteiger partial charge on any atom is -0.368 e. The van der Waals surface area contributed by atoms with E-state index in [4.69, 9.17) is 23.2 Å². The molecule has 0 bridgehead atoms. The van der Waals surface area contributed by atoms with Crippen LogP contribution in [0.4, 0.5) is 5.69 Å². The molecule has 0 aliphatic carbocycles. The van der Waals surface area contributed by atoms with Crippen molar-refractivity contribution in [2.24, 2.45) is 0 Å². The fourth-order valence-corrected chi connectivity index (χ4v) is 6.22. The van der Waals surface area contributed by atoms with Crippen LogP contribution in [-0.4, -0.2) is 50.1 Å². The van der Waals surface area contributed by atoms with Crippen molar-refractivity contribution in [3.8, 4) is 0 Å². The molecule has 4 aromatic rings. The van der Waals surface area contributed by atoms with E-state index < -0.39 is 0 Å². The molecule has 1 N–H and O–H groups in total. The molecule has 0 atom stereocenters. The van der Waals surface area contributed by atoms with Gasteiger partial charge in [-0.2, -0.15) is 0 Å². The van der Waals surface area contributed by atoms with Crippen molar-refractivity contribution >= 4 is 78.7 Å². The van der Waals surface area contributed by atoms with Gasteiger partial charge in [0.2, 0.25) is 0 Å².